The van der Waals surface area contributed by atoms with Gasteiger partial charge in [-0.15, -0.1) is 11.5 Å². The van der Waals surface area contributed by atoms with Crippen LogP contribution in [0.25, 0.3) is 22.2 Å². The molecule has 2 aromatic carbocycles. The molecule has 5 aromatic rings. The lowest BCUT2D eigenvalue weighted by Crippen LogP contribution is -2.33. The zero-order chi connectivity index (χ0) is 24.7. The summed E-state index contributed by atoms with van der Waals surface area (Å²) in [6, 6.07) is 11.3. The fourth-order valence-corrected chi connectivity index (χ4v) is 3.95. The number of nitrogens with zero attached hydrogens (tertiary/aromatic N) is 5. The summed E-state index contributed by atoms with van der Waals surface area (Å²) in [5, 5.41) is 7.18. The molecule has 0 aliphatic heterocycles. The van der Waals surface area contributed by atoms with Crippen molar-refractivity contribution in [3.63, 3.8) is 0 Å². The number of anilines is 1. The van der Waals surface area contributed by atoms with Crippen LogP contribution in [0.4, 0.5) is 10.2 Å². The van der Waals surface area contributed by atoms with Gasteiger partial charge in [-0.2, -0.15) is 0 Å². The molecule has 0 spiro atoms. The van der Waals surface area contributed by atoms with E-state index in [2.05, 4.69) is 26.3 Å². The van der Waals surface area contributed by atoms with Crippen molar-refractivity contribution in [2.75, 3.05) is 5.73 Å². The van der Waals surface area contributed by atoms with Crippen LogP contribution in [0.15, 0.2) is 65.7 Å². The lowest BCUT2D eigenvalue weighted by molar-refractivity contribution is 0.0940. The van der Waals surface area contributed by atoms with E-state index in [9.17, 15) is 14.0 Å². The number of terminal acetylenes is 1. The van der Waals surface area contributed by atoms with Gasteiger partial charge in [0.2, 0.25) is 0 Å². The molecule has 5 rings (SSSR count). The summed E-state index contributed by atoms with van der Waals surface area (Å²) < 4.78 is 16.3. The molecule has 1 amide bonds. The van der Waals surface area contributed by atoms with Gasteiger partial charge in [-0.1, -0.05) is 12.0 Å². The van der Waals surface area contributed by atoms with Crippen molar-refractivity contribution in [1.29, 1.82) is 0 Å². The lowest BCUT2D eigenvalue weighted by Gasteiger charge is -2.20. The smallest absolute Gasteiger partial charge is 0.267 e. The molecular weight excluding hydrogens is 449 g/mol. The van der Waals surface area contributed by atoms with Gasteiger partial charge >= 0.3 is 0 Å². The number of nitrogens with one attached hydrogen (secondary N) is 1. The molecular formula is C25H18FN7O2. The molecule has 1 atom stereocenters. The summed E-state index contributed by atoms with van der Waals surface area (Å²) >= 11 is 0. The minimum Gasteiger partial charge on any atom is -0.381 e. The monoisotopic (exact) mass is 467 g/mol. The first-order valence-corrected chi connectivity index (χ1v) is 10.6. The summed E-state index contributed by atoms with van der Waals surface area (Å²) in [6.07, 6.45) is 8.76. The number of nitrogen functional groups attached to an aromatic ring is 1. The normalized spacial score (nSPS) is 11.9. The first-order valence-electron chi connectivity index (χ1n) is 10.6. The maximum absolute atomic E-state index is 13.6. The van der Waals surface area contributed by atoms with Crippen molar-refractivity contribution >= 4 is 28.3 Å². The van der Waals surface area contributed by atoms with Crippen molar-refractivity contribution in [3.8, 4) is 18.0 Å². The summed E-state index contributed by atoms with van der Waals surface area (Å²) in [7, 11) is 0. The topological polar surface area (TPSA) is 120 Å². The van der Waals surface area contributed by atoms with Gasteiger partial charge < -0.3 is 11.1 Å². The van der Waals surface area contributed by atoms with Crippen LogP contribution in [0.2, 0.25) is 0 Å². The van der Waals surface area contributed by atoms with Crippen LogP contribution in [-0.4, -0.2) is 30.1 Å². The Kier molecular flexibility index (Phi) is 5.22. The second-order valence-corrected chi connectivity index (χ2v) is 7.77. The third-order valence-corrected chi connectivity index (χ3v) is 5.55. The maximum Gasteiger partial charge on any atom is 0.267 e. The first kappa shape index (κ1) is 21.8. The van der Waals surface area contributed by atoms with Crippen LogP contribution < -0.4 is 16.6 Å². The summed E-state index contributed by atoms with van der Waals surface area (Å²) in [4.78, 5) is 35.7. The van der Waals surface area contributed by atoms with Crippen LogP contribution in [0.3, 0.4) is 0 Å². The molecule has 0 saturated heterocycles. The molecule has 35 heavy (non-hydrogen) atoms. The Morgan fingerprint density at radius 2 is 1.97 bits per heavy atom. The van der Waals surface area contributed by atoms with Crippen LogP contribution in [0.5, 0.6) is 0 Å². The Balaban J connectivity index is 1.66. The number of benzene rings is 2. The van der Waals surface area contributed by atoms with Crippen molar-refractivity contribution in [2.45, 2.75) is 13.0 Å². The van der Waals surface area contributed by atoms with Crippen molar-refractivity contribution in [1.82, 2.24) is 29.5 Å². The number of fused-ring (bicyclic) bond motifs is 2. The number of carbonyl (C=O) groups is 1. The van der Waals surface area contributed by atoms with E-state index in [1.54, 1.807) is 37.4 Å². The van der Waals surface area contributed by atoms with Gasteiger partial charge in [-0.05, 0) is 49.4 Å². The molecule has 0 bridgehead atoms. The van der Waals surface area contributed by atoms with Gasteiger partial charge in [0.05, 0.1) is 22.6 Å². The first-order chi connectivity index (χ1) is 16.9. The minimum atomic E-state index is -0.766. The highest BCUT2D eigenvalue weighted by Gasteiger charge is 2.24. The second kappa shape index (κ2) is 8.39. The van der Waals surface area contributed by atoms with E-state index in [4.69, 9.17) is 12.2 Å². The molecule has 0 fully saturated rings. The van der Waals surface area contributed by atoms with Crippen LogP contribution in [-0.2, 0) is 0 Å². The SMILES string of the molecule is C#Cc1cccc2nc(C(C)NC(=O)c3c(N)nn4cccnc34)n(-c3ccc(F)cc3)c(=O)c12. The predicted octanol–water partition coefficient (Wildman–Crippen LogP) is 2.62. The number of rotatable bonds is 4. The van der Waals surface area contributed by atoms with E-state index in [0.29, 0.717) is 16.8 Å². The molecule has 0 aliphatic carbocycles. The fourth-order valence-electron chi connectivity index (χ4n) is 3.95. The van der Waals surface area contributed by atoms with E-state index in [-0.39, 0.29) is 28.2 Å². The van der Waals surface area contributed by atoms with Crippen LogP contribution in [0.1, 0.15) is 34.7 Å². The van der Waals surface area contributed by atoms with Crippen LogP contribution >= 0.6 is 0 Å². The minimum absolute atomic E-state index is 0.00876. The number of halogens is 1. The van der Waals surface area contributed by atoms with E-state index >= 15 is 0 Å². The maximum atomic E-state index is 13.6. The van der Waals surface area contributed by atoms with Gasteiger partial charge in [0.1, 0.15) is 17.2 Å². The number of hydrogen-bond acceptors (Lipinski definition) is 6. The molecule has 9 nitrogen and oxygen atoms in total. The Hall–Kier alpha value is -5.04. The Bertz CT molecular complexity index is 1720. The molecule has 172 valence electrons. The third kappa shape index (κ3) is 3.65. The highest BCUT2D eigenvalue weighted by atomic mass is 19.1. The van der Waals surface area contributed by atoms with E-state index < -0.39 is 23.3 Å². The molecule has 3 heterocycles. The zero-order valence-electron chi connectivity index (χ0n) is 18.4. The number of carbonyl (C=O) groups excluding carboxylic acids is 1. The van der Waals surface area contributed by atoms with Gasteiger partial charge in [0.15, 0.2) is 11.5 Å². The molecule has 3 N–H and O–H groups in total. The average molecular weight is 467 g/mol. The fraction of sp³-hybridized carbons (Fsp3) is 0.0800. The van der Waals surface area contributed by atoms with E-state index in [1.165, 1.54) is 39.5 Å². The van der Waals surface area contributed by atoms with Crippen molar-refractivity contribution in [3.05, 3.63) is 94.0 Å². The van der Waals surface area contributed by atoms with Crippen molar-refractivity contribution in [2.24, 2.45) is 0 Å². The molecule has 1 unspecified atom stereocenters. The number of nitrogens with two attached hydrogens (primary N) is 1. The van der Waals surface area contributed by atoms with E-state index in [0.717, 1.165) is 0 Å². The third-order valence-electron chi connectivity index (χ3n) is 5.55. The highest BCUT2D eigenvalue weighted by molar-refractivity contribution is 6.04. The standard InChI is InChI=1S/C25H18FN7O2/c1-3-15-6-4-7-18-19(15)25(35)33(17-10-8-16(26)9-11-17)22(30-18)14(2)29-24(34)20-21(27)31-32-13-5-12-28-23(20)32/h1,4-14H,2H3,(H2,27,31)(H,29,34). The summed E-state index contributed by atoms with van der Waals surface area (Å²) in [5.41, 5.74) is 7.04. The molecule has 0 radical (unpaired) electrons. The zero-order valence-corrected chi connectivity index (χ0v) is 18.4. The van der Waals surface area contributed by atoms with E-state index in [1.807, 2.05) is 0 Å². The highest BCUT2D eigenvalue weighted by Crippen LogP contribution is 2.22. The molecule has 3 aromatic heterocycles. The van der Waals surface area contributed by atoms with Gasteiger partial charge in [0.25, 0.3) is 11.5 Å². The number of hydrogen-bond donors (Lipinski definition) is 2. The molecule has 0 aliphatic rings. The Labute approximate surface area is 198 Å². The van der Waals surface area contributed by atoms with Gasteiger partial charge in [-0.25, -0.2) is 18.9 Å². The lowest BCUT2D eigenvalue weighted by atomic mass is 10.1. The number of amides is 1. The second-order valence-electron chi connectivity index (χ2n) is 7.77. The molecule has 10 heteroatoms. The summed E-state index contributed by atoms with van der Waals surface area (Å²) in [6.45, 7) is 1.67. The Morgan fingerprint density at radius 1 is 1.20 bits per heavy atom. The largest absolute Gasteiger partial charge is 0.381 e. The predicted molar refractivity (Wildman–Crippen MR) is 129 cm³/mol. The van der Waals surface area contributed by atoms with Crippen LogP contribution in [0, 0.1) is 18.2 Å². The molecule has 0 saturated carbocycles. The van der Waals surface area contributed by atoms with Gasteiger partial charge in [0, 0.05) is 18.0 Å². The Morgan fingerprint density at radius 3 is 2.71 bits per heavy atom. The summed E-state index contributed by atoms with van der Waals surface area (Å²) in [5.74, 6) is 1.74. The average Bonchev–Trinajstić information content (AvgIpc) is 3.19. The quantitative estimate of drug-likeness (QED) is 0.392. The number of aromatic nitrogens is 5. The van der Waals surface area contributed by atoms with Crippen molar-refractivity contribution < 1.29 is 9.18 Å². The van der Waals surface area contributed by atoms with Gasteiger partial charge in [-0.3, -0.25) is 14.2 Å².